The van der Waals surface area contributed by atoms with Gasteiger partial charge >= 0.3 is 0 Å². The van der Waals surface area contributed by atoms with Crippen LogP contribution in [0.4, 0.5) is 5.82 Å². The summed E-state index contributed by atoms with van der Waals surface area (Å²) in [6.45, 7) is 0.0337. The second kappa shape index (κ2) is 5.38. The Bertz CT molecular complexity index is 369. The largest absolute Gasteiger partial charge is 0.392 e. The molecule has 1 saturated heterocycles. The van der Waals surface area contributed by atoms with Gasteiger partial charge in [0.2, 0.25) is 0 Å². The number of halogens is 1. The first-order valence-electron chi connectivity index (χ1n) is 5.28. The Labute approximate surface area is 108 Å². The van der Waals surface area contributed by atoms with Crippen molar-refractivity contribution in [1.29, 1.82) is 0 Å². The van der Waals surface area contributed by atoms with Crippen molar-refractivity contribution in [2.75, 3.05) is 23.5 Å². The molecule has 0 amide bonds. The SMILES string of the molecule is CN(c1ncc(Br)cc1CO)C1CCSC1. The molecule has 3 nitrogen and oxygen atoms in total. The van der Waals surface area contributed by atoms with Gasteiger partial charge in [-0.05, 0) is 34.2 Å². The Balaban J connectivity index is 2.24. The van der Waals surface area contributed by atoms with Crippen molar-refractivity contribution >= 4 is 33.5 Å². The normalized spacial score (nSPS) is 20.1. The maximum absolute atomic E-state index is 9.34. The summed E-state index contributed by atoms with van der Waals surface area (Å²) in [7, 11) is 2.06. The van der Waals surface area contributed by atoms with Gasteiger partial charge in [0.25, 0.3) is 0 Å². The maximum Gasteiger partial charge on any atom is 0.134 e. The lowest BCUT2D eigenvalue weighted by molar-refractivity contribution is 0.281. The van der Waals surface area contributed by atoms with E-state index in [9.17, 15) is 5.11 Å². The van der Waals surface area contributed by atoms with E-state index in [1.54, 1.807) is 6.20 Å². The van der Waals surface area contributed by atoms with Gasteiger partial charge in [0.15, 0.2) is 0 Å². The van der Waals surface area contributed by atoms with Gasteiger partial charge in [-0.1, -0.05) is 0 Å². The molecule has 1 aromatic rings. The zero-order valence-electron chi connectivity index (χ0n) is 9.19. The van der Waals surface area contributed by atoms with Crippen LogP contribution >= 0.6 is 27.7 Å². The Morgan fingerprint density at radius 3 is 3.12 bits per heavy atom. The van der Waals surface area contributed by atoms with Gasteiger partial charge in [-0.3, -0.25) is 0 Å². The van der Waals surface area contributed by atoms with Crippen molar-refractivity contribution in [3.8, 4) is 0 Å². The average molecular weight is 303 g/mol. The minimum absolute atomic E-state index is 0.0337. The quantitative estimate of drug-likeness (QED) is 0.929. The fraction of sp³-hybridized carbons (Fsp3) is 0.545. The number of hydrogen-bond acceptors (Lipinski definition) is 4. The van der Waals surface area contributed by atoms with Crippen molar-refractivity contribution in [1.82, 2.24) is 4.98 Å². The van der Waals surface area contributed by atoms with E-state index in [-0.39, 0.29) is 6.61 Å². The van der Waals surface area contributed by atoms with E-state index in [0.29, 0.717) is 6.04 Å². The number of hydrogen-bond donors (Lipinski definition) is 1. The van der Waals surface area contributed by atoms with E-state index in [1.807, 2.05) is 17.8 Å². The molecule has 16 heavy (non-hydrogen) atoms. The molecular formula is C11H15BrN2OS. The summed E-state index contributed by atoms with van der Waals surface area (Å²) in [6.07, 6.45) is 2.98. The summed E-state index contributed by atoms with van der Waals surface area (Å²) in [5.41, 5.74) is 0.883. The lowest BCUT2D eigenvalue weighted by atomic mass is 10.2. The summed E-state index contributed by atoms with van der Waals surface area (Å²) < 4.78 is 0.912. The van der Waals surface area contributed by atoms with Gasteiger partial charge in [-0.2, -0.15) is 11.8 Å². The van der Waals surface area contributed by atoms with Crippen LogP contribution in [0, 0.1) is 0 Å². The Hall–Kier alpha value is -0.260. The fourth-order valence-corrected chi connectivity index (χ4v) is 3.55. The highest BCUT2D eigenvalue weighted by atomic mass is 79.9. The van der Waals surface area contributed by atoms with E-state index in [0.717, 1.165) is 21.6 Å². The summed E-state index contributed by atoms with van der Waals surface area (Å²) in [5, 5.41) is 9.34. The van der Waals surface area contributed by atoms with E-state index in [2.05, 4.69) is 32.9 Å². The highest BCUT2D eigenvalue weighted by molar-refractivity contribution is 9.10. The Morgan fingerprint density at radius 1 is 1.69 bits per heavy atom. The van der Waals surface area contributed by atoms with E-state index in [4.69, 9.17) is 0 Å². The third-order valence-corrected chi connectivity index (χ3v) is 4.45. The third kappa shape index (κ3) is 2.52. The molecule has 0 aliphatic carbocycles. The second-order valence-corrected chi connectivity index (χ2v) is 5.99. The molecule has 0 spiro atoms. The molecule has 1 aromatic heterocycles. The van der Waals surface area contributed by atoms with Crippen LogP contribution in [-0.2, 0) is 6.61 Å². The molecule has 0 aromatic carbocycles. The lowest BCUT2D eigenvalue weighted by Crippen LogP contribution is -2.32. The van der Waals surface area contributed by atoms with Crippen molar-refractivity contribution < 1.29 is 5.11 Å². The number of pyridine rings is 1. The van der Waals surface area contributed by atoms with Gasteiger partial charge in [0.05, 0.1) is 6.61 Å². The summed E-state index contributed by atoms with van der Waals surface area (Å²) in [6, 6.07) is 2.48. The molecule has 88 valence electrons. The fourth-order valence-electron chi connectivity index (χ4n) is 1.91. The first-order chi connectivity index (χ1) is 7.72. The first kappa shape index (κ1) is 12.2. The summed E-state index contributed by atoms with van der Waals surface area (Å²) in [5.74, 6) is 3.28. The summed E-state index contributed by atoms with van der Waals surface area (Å²) >= 11 is 5.35. The minimum atomic E-state index is 0.0337. The van der Waals surface area contributed by atoms with Crippen LogP contribution in [0.2, 0.25) is 0 Å². The molecular weight excluding hydrogens is 288 g/mol. The van der Waals surface area contributed by atoms with Crippen molar-refractivity contribution in [2.24, 2.45) is 0 Å². The van der Waals surface area contributed by atoms with Gasteiger partial charge in [-0.25, -0.2) is 4.98 Å². The zero-order chi connectivity index (χ0) is 11.5. The number of nitrogens with zero attached hydrogens (tertiary/aromatic N) is 2. The molecule has 0 saturated carbocycles. The molecule has 1 unspecified atom stereocenters. The zero-order valence-corrected chi connectivity index (χ0v) is 11.6. The number of rotatable bonds is 3. The minimum Gasteiger partial charge on any atom is -0.392 e. The molecule has 1 fully saturated rings. The van der Waals surface area contributed by atoms with Crippen LogP contribution < -0.4 is 4.90 Å². The Kier molecular flexibility index (Phi) is 4.10. The number of aliphatic hydroxyl groups excluding tert-OH is 1. The topological polar surface area (TPSA) is 36.4 Å². The van der Waals surface area contributed by atoms with Crippen LogP contribution in [0.25, 0.3) is 0 Å². The second-order valence-electron chi connectivity index (χ2n) is 3.92. The Morgan fingerprint density at radius 2 is 2.50 bits per heavy atom. The molecule has 0 radical (unpaired) electrons. The van der Waals surface area contributed by atoms with Gasteiger partial charge in [0, 0.05) is 35.1 Å². The van der Waals surface area contributed by atoms with Crippen molar-refractivity contribution in [3.05, 3.63) is 22.3 Å². The molecule has 2 rings (SSSR count). The average Bonchev–Trinajstić information content (AvgIpc) is 2.81. The van der Waals surface area contributed by atoms with Gasteiger partial charge in [0.1, 0.15) is 5.82 Å². The highest BCUT2D eigenvalue weighted by Gasteiger charge is 2.22. The van der Waals surface area contributed by atoms with Gasteiger partial charge in [-0.15, -0.1) is 0 Å². The van der Waals surface area contributed by atoms with E-state index < -0.39 is 0 Å². The van der Waals surface area contributed by atoms with Crippen molar-refractivity contribution in [2.45, 2.75) is 19.1 Å². The predicted molar refractivity (Wildman–Crippen MR) is 72.0 cm³/mol. The van der Waals surface area contributed by atoms with Crippen molar-refractivity contribution in [3.63, 3.8) is 0 Å². The highest BCUT2D eigenvalue weighted by Crippen LogP contribution is 2.28. The number of aliphatic hydroxyl groups is 1. The van der Waals surface area contributed by atoms with Crippen LogP contribution in [0.3, 0.4) is 0 Å². The lowest BCUT2D eigenvalue weighted by Gasteiger charge is -2.26. The smallest absolute Gasteiger partial charge is 0.134 e. The standard InChI is InChI=1S/C11H15BrN2OS/c1-14(10-2-3-16-7-10)11-8(6-15)4-9(12)5-13-11/h4-5,10,15H,2-3,6-7H2,1H3. The molecule has 1 aliphatic heterocycles. The van der Waals surface area contributed by atoms with Crippen LogP contribution in [0.1, 0.15) is 12.0 Å². The van der Waals surface area contributed by atoms with Crippen LogP contribution in [0.5, 0.6) is 0 Å². The molecule has 0 bridgehead atoms. The van der Waals surface area contributed by atoms with E-state index in [1.165, 1.54) is 12.2 Å². The molecule has 1 aliphatic rings. The molecule has 5 heteroatoms. The third-order valence-electron chi connectivity index (χ3n) is 2.87. The van der Waals surface area contributed by atoms with Gasteiger partial charge < -0.3 is 10.0 Å². The molecule has 2 heterocycles. The molecule has 1 N–H and O–H groups in total. The number of thioether (sulfide) groups is 1. The predicted octanol–water partition coefficient (Wildman–Crippen LogP) is 2.28. The van der Waals surface area contributed by atoms with E-state index >= 15 is 0 Å². The first-order valence-corrected chi connectivity index (χ1v) is 7.23. The van der Waals surface area contributed by atoms with Crippen LogP contribution in [-0.4, -0.2) is 34.7 Å². The summed E-state index contributed by atoms with van der Waals surface area (Å²) in [4.78, 5) is 6.60. The number of anilines is 1. The maximum atomic E-state index is 9.34. The monoisotopic (exact) mass is 302 g/mol. The number of aromatic nitrogens is 1. The van der Waals surface area contributed by atoms with Crippen LogP contribution in [0.15, 0.2) is 16.7 Å². The molecule has 1 atom stereocenters.